The number of halogens is 1. The molecule has 0 heterocycles. The van der Waals surface area contributed by atoms with Gasteiger partial charge in [0.1, 0.15) is 0 Å². The maximum absolute atomic E-state index is 8.77. The van der Waals surface area contributed by atoms with E-state index in [1.165, 1.54) is 18.2 Å². The van der Waals surface area contributed by atoms with E-state index in [-0.39, 0.29) is 11.5 Å². The average molecular weight is 145 g/mol. The number of phenols is 2. The highest BCUT2D eigenvalue weighted by molar-refractivity contribution is 6.30. The molecule has 9 heavy (non-hydrogen) atoms. The fourth-order valence-corrected chi connectivity index (χ4v) is 0.663. The van der Waals surface area contributed by atoms with Crippen molar-refractivity contribution in [3.63, 3.8) is 0 Å². The van der Waals surface area contributed by atoms with Gasteiger partial charge in [0.05, 0.1) is 0 Å². The zero-order chi connectivity index (χ0) is 6.85. The first-order valence-electron chi connectivity index (χ1n) is 2.37. The quantitative estimate of drug-likeness (QED) is 0.545. The van der Waals surface area contributed by atoms with Gasteiger partial charge in [-0.05, 0) is 12.1 Å². The maximum atomic E-state index is 8.77. The van der Waals surface area contributed by atoms with Crippen molar-refractivity contribution in [1.82, 2.24) is 0 Å². The van der Waals surface area contributed by atoms with Gasteiger partial charge in [-0.1, -0.05) is 11.6 Å². The molecule has 0 aliphatic rings. The highest BCUT2D eigenvalue weighted by Crippen LogP contribution is 2.26. The third-order valence-corrected chi connectivity index (χ3v) is 1.17. The van der Waals surface area contributed by atoms with Gasteiger partial charge in [0.2, 0.25) is 0 Å². The van der Waals surface area contributed by atoms with Crippen LogP contribution in [-0.2, 0) is 0 Å². The summed E-state index contributed by atoms with van der Waals surface area (Å²) in [6.45, 7) is 0. The molecule has 1 aromatic carbocycles. The molecular formula is C6H5ClO2. The maximum Gasteiger partial charge on any atom is 0.158 e. The van der Waals surface area contributed by atoms with Gasteiger partial charge in [0.25, 0.3) is 0 Å². The lowest BCUT2D eigenvalue weighted by molar-refractivity contribution is 0.404. The van der Waals surface area contributed by atoms with Crippen LogP contribution in [0, 0.1) is 0 Å². The van der Waals surface area contributed by atoms with Crippen molar-refractivity contribution in [3.8, 4) is 11.5 Å². The minimum Gasteiger partial charge on any atom is -0.504 e. The van der Waals surface area contributed by atoms with Crippen molar-refractivity contribution in [2.75, 3.05) is 0 Å². The summed E-state index contributed by atoms with van der Waals surface area (Å²) >= 11 is 5.45. The lowest BCUT2D eigenvalue weighted by Gasteiger charge is -1.94. The van der Waals surface area contributed by atoms with E-state index in [1.54, 1.807) is 0 Å². The number of aromatic hydroxyl groups is 2. The zero-order valence-electron chi connectivity index (χ0n) is 4.50. The molecule has 0 amide bonds. The largest absolute Gasteiger partial charge is 0.504 e. The lowest BCUT2D eigenvalue weighted by Crippen LogP contribution is -1.66. The molecular weight excluding hydrogens is 140 g/mol. The Balaban J connectivity index is 3.17. The standard InChI is InChI=1S/C6H5ClO2/c7-4-1-2-5(8)6(9)3-4/h1-3,8-9H. The second-order valence-electron chi connectivity index (χ2n) is 1.63. The van der Waals surface area contributed by atoms with Crippen LogP contribution in [0.1, 0.15) is 0 Å². The Morgan fingerprint density at radius 2 is 1.78 bits per heavy atom. The predicted octanol–water partition coefficient (Wildman–Crippen LogP) is 1.75. The first-order valence-corrected chi connectivity index (χ1v) is 2.75. The molecule has 1 rings (SSSR count). The first kappa shape index (κ1) is 6.23. The molecule has 0 radical (unpaired) electrons. The molecule has 0 atom stereocenters. The Morgan fingerprint density at radius 1 is 1.11 bits per heavy atom. The fourth-order valence-electron chi connectivity index (χ4n) is 0.497. The summed E-state index contributed by atoms with van der Waals surface area (Å²) in [6, 6.07) is 4.10. The SMILES string of the molecule is Oc1ccc(Cl)cc1O. The van der Waals surface area contributed by atoms with E-state index in [0.717, 1.165) is 0 Å². The van der Waals surface area contributed by atoms with Crippen molar-refractivity contribution in [2.45, 2.75) is 0 Å². The van der Waals surface area contributed by atoms with Crippen LogP contribution in [0.3, 0.4) is 0 Å². The van der Waals surface area contributed by atoms with Crippen LogP contribution in [0.5, 0.6) is 11.5 Å². The van der Waals surface area contributed by atoms with E-state index in [4.69, 9.17) is 21.8 Å². The van der Waals surface area contributed by atoms with Gasteiger partial charge >= 0.3 is 0 Å². The summed E-state index contributed by atoms with van der Waals surface area (Å²) in [5.41, 5.74) is 0. The molecule has 0 fully saturated rings. The van der Waals surface area contributed by atoms with E-state index in [2.05, 4.69) is 0 Å². The van der Waals surface area contributed by atoms with E-state index in [1.807, 2.05) is 0 Å². The minimum atomic E-state index is -0.192. The number of hydrogen-bond acceptors (Lipinski definition) is 2. The van der Waals surface area contributed by atoms with Crippen molar-refractivity contribution in [3.05, 3.63) is 23.2 Å². The van der Waals surface area contributed by atoms with Gasteiger partial charge in [0.15, 0.2) is 11.5 Å². The lowest BCUT2D eigenvalue weighted by atomic mass is 10.3. The van der Waals surface area contributed by atoms with Gasteiger partial charge in [-0.15, -0.1) is 0 Å². The first-order chi connectivity index (χ1) is 4.20. The zero-order valence-corrected chi connectivity index (χ0v) is 5.26. The minimum absolute atomic E-state index is 0.153. The van der Waals surface area contributed by atoms with Crippen molar-refractivity contribution < 1.29 is 10.2 Å². The summed E-state index contributed by atoms with van der Waals surface area (Å²) in [5, 5.41) is 17.9. The Morgan fingerprint density at radius 3 is 2.22 bits per heavy atom. The normalized spacial score (nSPS) is 9.44. The molecule has 2 N–H and O–H groups in total. The van der Waals surface area contributed by atoms with Crippen LogP contribution in [0.4, 0.5) is 0 Å². The summed E-state index contributed by atoms with van der Waals surface area (Å²) < 4.78 is 0. The van der Waals surface area contributed by atoms with Crippen LogP contribution >= 0.6 is 11.6 Å². The molecule has 0 aromatic heterocycles. The van der Waals surface area contributed by atoms with Crippen molar-refractivity contribution in [2.24, 2.45) is 0 Å². The molecule has 0 unspecified atom stereocenters. The van der Waals surface area contributed by atoms with E-state index in [0.29, 0.717) is 5.02 Å². The smallest absolute Gasteiger partial charge is 0.158 e. The Bertz CT molecular complexity index is 222. The Hall–Kier alpha value is -0.890. The van der Waals surface area contributed by atoms with Crippen molar-refractivity contribution in [1.29, 1.82) is 0 Å². The summed E-state index contributed by atoms with van der Waals surface area (Å²) in [7, 11) is 0. The Kier molecular flexibility index (Phi) is 1.49. The van der Waals surface area contributed by atoms with E-state index < -0.39 is 0 Å². The third-order valence-electron chi connectivity index (χ3n) is 0.937. The molecule has 48 valence electrons. The number of benzene rings is 1. The van der Waals surface area contributed by atoms with Crippen LogP contribution in [-0.4, -0.2) is 10.2 Å². The topological polar surface area (TPSA) is 40.5 Å². The van der Waals surface area contributed by atoms with Crippen LogP contribution in [0.15, 0.2) is 18.2 Å². The van der Waals surface area contributed by atoms with Gasteiger partial charge in [-0.3, -0.25) is 0 Å². The van der Waals surface area contributed by atoms with Gasteiger partial charge < -0.3 is 10.2 Å². The van der Waals surface area contributed by atoms with Gasteiger partial charge in [0, 0.05) is 11.1 Å². The molecule has 0 saturated heterocycles. The molecule has 1 aromatic rings. The molecule has 0 saturated carbocycles. The highest BCUT2D eigenvalue weighted by Gasteiger charge is 1.96. The number of rotatable bonds is 0. The van der Waals surface area contributed by atoms with Gasteiger partial charge in [-0.2, -0.15) is 0 Å². The summed E-state index contributed by atoms with van der Waals surface area (Å²) in [6.07, 6.45) is 0. The van der Waals surface area contributed by atoms with Crippen molar-refractivity contribution >= 4 is 11.6 Å². The second-order valence-corrected chi connectivity index (χ2v) is 2.07. The third kappa shape index (κ3) is 1.27. The molecule has 0 spiro atoms. The predicted molar refractivity (Wildman–Crippen MR) is 34.8 cm³/mol. The van der Waals surface area contributed by atoms with Crippen LogP contribution < -0.4 is 0 Å². The highest BCUT2D eigenvalue weighted by atomic mass is 35.5. The van der Waals surface area contributed by atoms with E-state index >= 15 is 0 Å². The molecule has 2 nitrogen and oxygen atoms in total. The number of hydrogen-bond donors (Lipinski definition) is 2. The number of phenolic OH excluding ortho intramolecular Hbond substituents is 2. The fraction of sp³-hybridized carbons (Fsp3) is 0. The monoisotopic (exact) mass is 144 g/mol. The molecule has 3 heteroatoms. The van der Waals surface area contributed by atoms with Crippen LogP contribution in [0.25, 0.3) is 0 Å². The summed E-state index contributed by atoms with van der Waals surface area (Å²) in [4.78, 5) is 0. The molecule has 0 aliphatic carbocycles. The molecule has 0 aliphatic heterocycles. The average Bonchev–Trinajstić information content (AvgIpc) is 1.80. The van der Waals surface area contributed by atoms with Crippen LogP contribution in [0.2, 0.25) is 5.02 Å². The van der Waals surface area contributed by atoms with Gasteiger partial charge in [-0.25, -0.2) is 0 Å². The molecule has 0 bridgehead atoms. The Labute approximate surface area is 57.3 Å². The second kappa shape index (κ2) is 2.15. The summed E-state index contributed by atoms with van der Waals surface area (Å²) in [5.74, 6) is -0.345. The van der Waals surface area contributed by atoms with E-state index in [9.17, 15) is 0 Å².